The van der Waals surface area contributed by atoms with Crippen LogP contribution in [0.1, 0.15) is 28.9 Å². The summed E-state index contributed by atoms with van der Waals surface area (Å²) in [6.07, 6.45) is 1.72. The molecule has 0 aliphatic heterocycles. The standard InChI is InChI=1S/C19H21FN8O3.CH2O2/c1-28(9-11-8-24-17-15(25-11)16(21)26-19(22)27-17)13-5-4-10(7-12(13)20)18(31)23-6-2-3-14(29)30;2-1-3/h4-5,7-8H,2-3,6,9H2,1H3,(H,23,31)(H,29,30)(H4,21,22,24,26,27);1H,(H,2,3). The van der Waals surface area contributed by atoms with Gasteiger partial charge in [0.2, 0.25) is 5.95 Å². The van der Waals surface area contributed by atoms with Crippen LogP contribution < -0.4 is 21.7 Å². The molecule has 180 valence electrons. The minimum atomic E-state index is -0.942. The second kappa shape index (κ2) is 11.8. The Morgan fingerprint density at radius 3 is 2.59 bits per heavy atom. The summed E-state index contributed by atoms with van der Waals surface area (Å²) in [5, 5.41) is 18.1. The van der Waals surface area contributed by atoms with E-state index in [4.69, 9.17) is 26.5 Å². The molecule has 2 aromatic heterocycles. The first-order valence-corrected chi connectivity index (χ1v) is 9.79. The van der Waals surface area contributed by atoms with E-state index in [1.807, 2.05) is 0 Å². The van der Waals surface area contributed by atoms with Gasteiger partial charge in [-0.15, -0.1) is 0 Å². The highest BCUT2D eigenvalue weighted by atomic mass is 19.1. The van der Waals surface area contributed by atoms with E-state index in [1.54, 1.807) is 11.9 Å². The topological polar surface area (TPSA) is 211 Å². The van der Waals surface area contributed by atoms with Crippen LogP contribution in [0.15, 0.2) is 24.4 Å². The monoisotopic (exact) mass is 474 g/mol. The maximum atomic E-state index is 14.6. The Hall–Kier alpha value is -4.62. The van der Waals surface area contributed by atoms with Crippen molar-refractivity contribution >= 4 is 47.0 Å². The van der Waals surface area contributed by atoms with Gasteiger partial charge in [-0.05, 0) is 24.6 Å². The van der Waals surface area contributed by atoms with E-state index >= 15 is 0 Å². The Bertz CT molecular complexity index is 1190. The van der Waals surface area contributed by atoms with Gasteiger partial charge in [0.25, 0.3) is 12.4 Å². The molecule has 0 aliphatic rings. The summed E-state index contributed by atoms with van der Waals surface area (Å²) < 4.78 is 14.6. The number of fused-ring (bicyclic) bond motifs is 1. The second-order valence-electron chi connectivity index (χ2n) is 6.88. The van der Waals surface area contributed by atoms with Gasteiger partial charge in [-0.25, -0.2) is 14.4 Å². The Morgan fingerprint density at radius 2 is 1.94 bits per heavy atom. The van der Waals surface area contributed by atoms with E-state index in [9.17, 15) is 14.0 Å². The minimum absolute atomic E-state index is 0.00255. The van der Waals surface area contributed by atoms with Crippen LogP contribution in [0.2, 0.25) is 0 Å². The Balaban J connectivity index is 0.00000129. The molecule has 1 aromatic carbocycles. The fraction of sp³-hybridized carbons (Fsp3) is 0.250. The van der Waals surface area contributed by atoms with Crippen molar-refractivity contribution in [2.24, 2.45) is 0 Å². The number of nitrogen functional groups attached to an aromatic ring is 2. The highest BCUT2D eigenvalue weighted by Crippen LogP contribution is 2.22. The van der Waals surface area contributed by atoms with Crippen LogP contribution in [-0.4, -0.2) is 62.1 Å². The van der Waals surface area contributed by atoms with Gasteiger partial charge in [0.15, 0.2) is 17.0 Å². The summed E-state index contributed by atoms with van der Waals surface area (Å²) >= 11 is 0. The number of anilines is 3. The number of carboxylic acid groups (broad SMARTS) is 2. The second-order valence-corrected chi connectivity index (χ2v) is 6.88. The number of hydrogen-bond acceptors (Lipinski definition) is 10. The fourth-order valence-electron chi connectivity index (χ4n) is 2.89. The van der Waals surface area contributed by atoms with E-state index in [0.29, 0.717) is 17.6 Å². The highest BCUT2D eigenvalue weighted by Gasteiger charge is 2.14. The Kier molecular flexibility index (Phi) is 8.93. The first-order chi connectivity index (χ1) is 16.2. The lowest BCUT2D eigenvalue weighted by Gasteiger charge is -2.20. The molecule has 0 spiro atoms. The molecule has 0 atom stereocenters. The van der Waals surface area contributed by atoms with E-state index in [2.05, 4.69) is 25.3 Å². The number of aromatic nitrogens is 4. The number of nitrogens with zero attached hydrogens (tertiary/aromatic N) is 5. The molecular formula is C20H23FN8O5. The zero-order valence-corrected chi connectivity index (χ0v) is 18.1. The quantitative estimate of drug-likeness (QED) is 0.225. The predicted molar refractivity (Wildman–Crippen MR) is 120 cm³/mol. The van der Waals surface area contributed by atoms with E-state index in [-0.39, 0.29) is 54.6 Å². The van der Waals surface area contributed by atoms with Gasteiger partial charge in [-0.2, -0.15) is 9.97 Å². The number of nitrogens with two attached hydrogens (primary N) is 2. The van der Waals surface area contributed by atoms with Crippen LogP contribution in [0, 0.1) is 5.82 Å². The van der Waals surface area contributed by atoms with Crippen LogP contribution in [0.5, 0.6) is 0 Å². The molecule has 3 rings (SSSR count). The third kappa shape index (κ3) is 6.94. The van der Waals surface area contributed by atoms with Gasteiger partial charge in [0.1, 0.15) is 5.82 Å². The predicted octanol–water partition coefficient (Wildman–Crippen LogP) is 0.655. The summed E-state index contributed by atoms with van der Waals surface area (Å²) in [6.45, 7) is 0.151. The van der Waals surface area contributed by atoms with Crippen molar-refractivity contribution in [2.75, 3.05) is 30.0 Å². The number of carboxylic acids is 1. The number of benzene rings is 1. The molecule has 14 heteroatoms. The van der Waals surface area contributed by atoms with Gasteiger partial charge in [-0.3, -0.25) is 14.4 Å². The fourth-order valence-corrected chi connectivity index (χ4v) is 2.89. The number of aliphatic carboxylic acids is 1. The van der Waals surface area contributed by atoms with Crippen molar-refractivity contribution in [2.45, 2.75) is 19.4 Å². The number of hydrogen-bond donors (Lipinski definition) is 5. The molecule has 34 heavy (non-hydrogen) atoms. The van der Waals surface area contributed by atoms with Crippen LogP contribution in [0.25, 0.3) is 11.2 Å². The largest absolute Gasteiger partial charge is 0.483 e. The zero-order chi connectivity index (χ0) is 25.3. The first kappa shape index (κ1) is 25.6. The van der Waals surface area contributed by atoms with Crippen molar-refractivity contribution in [1.82, 2.24) is 25.3 Å². The van der Waals surface area contributed by atoms with Crippen molar-refractivity contribution in [1.29, 1.82) is 0 Å². The summed E-state index contributed by atoms with van der Waals surface area (Å²) in [5.74, 6) is -1.91. The molecule has 13 nitrogen and oxygen atoms in total. The van der Waals surface area contributed by atoms with Crippen LogP contribution >= 0.6 is 0 Å². The lowest BCUT2D eigenvalue weighted by molar-refractivity contribution is -0.137. The average Bonchev–Trinajstić information content (AvgIpc) is 2.77. The van der Waals surface area contributed by atoms with Gasteiger partial charge in [0, 0.05) is 25.6 Å². The smallest absolute Gasteiger partial charge is 0.303 e. The first-order valence-electron chi connectivity index (χ1n) is 9.79. The average molecular weight is 474 g/mol. The molecule has 0 unspecified atom stereocenters. The number of carbonyl (C=O) groups is 3. The van der Waals surface area contributed by atoms with Gasteiger partial charge < -0.3 is 31.9 Å². The molecule has 7 N–H and O–H groups in total. The number of nitrogens with one attached hydrogen (secondary N) is 1. The minimum Gasteiger partial charge on any atom is -0.483 e. The van der Waals surface area contributed by atoms with Crippen molar-refractivity contribution in [3.63, 3.8) is 0 Å². The molecule has 1 amide bonds. The number of amides is 1. The van der Waals surface area contributed by atoms with E-state index < -0.39 is 17.7 Å². The molecule has 0 bridgehead atoms. The Labute approximate surface area is 192 Å². The normalized spacial score (nSPS) is 10.2. The highest BCUT2D eigenvalue weighted by molar-refractivity contribution is 5.94. The molecule has 0 fully saturated rings. The van der Waals surface area contributed by atoms with Crippen LogP contribution in [0.4, 0.5) is 21.8 Å². The van der Waals surface area contributed by atoms with Gasteiger partial charge in [-0.1, -0.05) is 0 Å². The maximum absolute atomic E-state index is 14.6. The number of halogens is 1. The number of carbonyl (C=O) groups excluding carboxylic acids is 1. The zero-order valence-electron chi connectivity index (χ0n) is 18.1. The summed E-state index contributed by atoms with van der Waals surface area (Å²) in [7, 11) is 1.67. The van der Waals surface area contributed by atoms with Crippen molar-refractivity contribution < 1.29 is 29.0 Å². The summed E-state index contributed by atoms with van der Waals surface area (Å²) in [6, 6.07) is 4.09. The van der Waals surface area contributed by atoms with Crippen molar-refractivity contribution in [3.8, 4) is 0 Å². The molecule has 0 saturated heterocycles. The van der Waals surface area contributed by atoms with Crippen LogP contribution in [-0.2, 0) is 16.1 Å². The van der Waals surface area contributed by atoms with Crippen LogP contribution in [0.3, 0.4) is 0 Å². The third-order valence-corrected chi connectivity index (χ3v) is 4.37. The molecule has 0 radical (unpaired) electrons. The van der Waals surface area contributed by atoms with Crippen molar-refractivity contribution in [3.05, 3.63) is 41.5 Å². The van der Waals surface area contributed by atoms with E-state index in [1.165, 1.54) is 18.3 Å². The molecule has 0 aliphatic carbocycles. The van der Waals surface area contributed by atoms with E-state index in [0.717, 1.165) is 6.07 Å². The Morgan fingerprint density at radius 1 is 1.24 bits per heavy atom. The van der Waals surface area contributed by atoms with Gasteiger partial charge in [0.05, 0.1) is 24.1 Å². The lowest BCUT2D eigenvalue weighted by Crippen LogP contribution is -2.25. The molecule has 3 aromatic rings. The van der Waals surface area contributed by atoms with Gasteiger partial charge >= 0.3 is 5.97 Å². The third-order valence-electron chi connectivity index (χ3n) is 4.37. The lowest BCUT2D eigenvalue weighted by atomic mass is 10.1. The summed E-state index contributed by atoms with van der Waals surface area (Å²) in [5.41, 5.74) is 12.8. The summed E-state index contributed by atoms with van der Waals surface area (Å²) in [4.78, 5) is 48.9. The SMILES string of the molecule is CN(Cc1cnc2nc(N)nc(N)c2n1)c1ccc(C(=O)NCCCC(=O)O)cc1F.O=CO. The molecule has 2 heterocycles. The maximum Gasteiger partial charge on any atom is 0.303 e. The molecule has 0 saturated carbocycles. The molecular weight excluding hydrogens is 451 g/mol. The number of rotatable bonds is 8.